The lowest BCUT2D eigenvalue weighted by Gasteiger charge is -2.07. The van der Waals surface area contributed by atoms with Gasteiger partial charge in [-0.1, -0.05) is 6.07 Å². The van der Waals surface area contributed by atoms with E-state index in [4.69, 9.17) is 5.73 Å². The van der Waals surface area contributed by atoms with Crippen molar-refractivity contribution in [3.8, 4) is 0 Å². The predicted octanol–water partition coefficient (Wildman–Crippen LogP) is 2.99. The van der Waals surface area contributed by atoms with Gasteiger partial charge >= 0.3 is 0 Å². The zero-order valence-corrected chi connectivity index (χ0v) is 11.4. The molecule has 0 spiro atoms. The smallest absolute Gasteiger partial charge is 0.274 e. The standard InChI is InChI=1S/C13H12BrN3O/c1-8-2-4-10(6-11(8)15)17-13(18)12-5-3-9(14)7-16-12/h2-7H,15H2,1H3,(H,17,18). The highest BCUT2D eigenvalue weighted by molar-refractivity contribution is 9.10. The highest BCUT2D eigenvalue weighted by Crippen LogP contribution is 2.17. The Morgan fingerprint density at radius 2 is 2.11 bits per heavy atom. The Morgan fingerprint density at radius 3 is 2.72 bits per heavy atom. The molecule has 2 aromatic rings. The van der Waals surface area contributed by atoms with E-state index in [1.54, 1.807) is 24.4 Å². The molecular weight excluding hydrogens is 294 g/mol. The number of aromatic nitrogens is 1. The van der Waals surface area contributed by atoms with Gasteiger partial charge < -0.3 is 11.1 Å². The maximum atomic E-state index is 11.9. The minimum Gasteiger partial charge on any atom is -0.398 e. The molecule has 1 aromatic heterocycles. The highest BCUT2D eigenvalue weighted by Gasteiger charge is 2.07. The molecule has 1 amide bonds. The molecule has 3 N–H and O–H groups in total. The summed E-state index contributed by atoms with van der Waals surface area (Å²) in [6.07, 6.45) is 1.58. The summed E-state index contributed by atoms with van der Waals surface area (Å²) in [5, 5.41) is 2.75. The Labute approximate surface area is 113 Å². The third-order valence-electron chi connectivity index (χ3n) is 2.50. The van der Waals surface area contributed by atoms with E-state index in [1.165, 1.54) is 0 Å². The summed E-state index contributed by atoms with van der Waals surface area (Å²) >= 11 is 3.27. The molecule has 0 saturated carbocycles. The number of benzene rings is 1. The topological polar surface area (TPSA) is 68.0 Å². The molecule has 0 saturated heterocycles. The number of carbonyl (C=O) groups is 1. The molecule has 18 heavy (non-hydrogen) atoms. The molecule has 0 aliphatic rings. The molecule has 1 heterocycles. The SMILES string of the molecule is Cc1ccc(NC(=O)c2ccc(Br)cn2)cc1N. The van der Waals surface area contributed by atoms with Crippen molar-refractivity contribution in [3.63, 3.8) is 0 Å². The number of anilines is 2. The second kappa shape index (κ2) is 5.18. The average Bonchev–Trinajstić information content (AvgIpc) is 2.34. The van der Waals surface area contributed by atoms with E-state index in [-0.39, 0.29) is 5.91 Å². The first kappa shape index (κ1) is 12.6. The zero-order chi connectivity index (χ0) is 13.1. The van der Waals surface area contributed by atoms with Crippen LogP contribution >= 0.6 is 15.9 Å². The number of aryl methyl sites for hydroxylation is 1. The van der Waals surface area contributed by atoms with Crippen molar-refractivity contribution in [2.75, 3.05) is 11.1 Å². The summed E-state index contributed by atoms with van der Waals surface area (Å²) in [7, 11) is 0. The van der Waals surface area contributed by atoms with E-state index < -0.39 is 0 Å². The minimum atomic E-state index is -0.259. The first-order valence-electron chi connectivity index (χ1n) is 5.35. The lowest BCUT2D eigenvalue weighted by atomic mass is 10.2. The fraction of sp³-hybridized carbons (Fsp3) is 0.0769. The number of rotatable bonds is 2. The highest BCUT2D eigenvalue weighted by atomic mass is 79.9. The van der Waals surface area contributed by atoms with Crippen molar-refractivity contribution in [2.45, 2.75) is 6.92 Å². The van der Waals surface area contributed by atoms with Crippen LogP contribution in [-0.4, -0.2) is 10.9 Å². The number of halogens is 1. The van der Waals surface area contributed by atoms with Crippen molar-refractivity contribution in [1.82, 2.24) is 4.98 Å². The number of nitrogens with two attached hydrogens (primary N) is 1. The van der Waals surface area contributed by atoms with Crippen molar-refractivity contribution in [3.05, 3.63) is 52.3 Å². The molecule has 0 fully saturated rings. The van der Waals surface area contributed by atoms with Gasteiger partial charge in [-0.15, -0.1) is 0 Å². The van der Waals surface area contributed by atoms with Crippen LogP contribution in [-0.2, 0) is 0 Å². The molecule has 0 aliphatic heterocycles. The van der Waals surface area contributed by atoms with Crippen LogP contribution in [0.1, 0.15) is 16.1 Å². The number of pyridine rings is 1. The van der Waals surface area contributed by atoms with Crippen LogP contribution < -0.4 is 11.1 Å². The molecule has 1 aromatic carbocycles. The van der Waals surface area contributed by atoms with Gasteiger partial charge in [-0.05, 0) is 52.7 Å². The van der Waals surface area contributed by atoms with Gasteiger partial charge in [0, 0.05) is 22.0 Å². The van der Waals surface area contributed by atoms with Gasteiger partial charge in [-0.25, -0.2) is 4.98 Å². The molecule has 0 aliphatic carbocycles. The number of hydrogen-bond donors (Lipinski definition) is 2. The molecule has 4 nitrogen and oxygen atoms in total. The first-order chi connectivity index (χ1) is 8.56. The fourth-order valence-corrected chi connectivity index (χ4v) is 1.66. The molecule has 0 bridgehead atoms. The largest absolute Gasteiger partial charge is 0.398 e. The number of hydrogen-bond acceptors (Lipinski definition) is 3. The molecule has 0 radical (unpaired) electrons. The van der Waals surface area contributed by atoms with Crippen LogP contribution in [0.5, 0.6) is 0 Å². The Hall–Kier alpha value is -1.88. The molecule has 92 valence electrons. The second-order valence-corrected chi connectivity index (χ2v) is 4.80. The zero-order valence-electron chi connectivity index (χ0n) is 9.77. The average molecular weight is 306 g/mol. The number of nitrogens with zero attached hydrogens (tertiary/aromatic N) is 1. The van der Waals surface area contributed by atoms with Gasteiger partial charge in [0.25, 0.3) is 5.91 Å². The Balaban J connectivity index is 2.16. The number of nitrogen functional groups attached to an aromatic ring is 1. The molecule has 5 heteroatoms. The van der Waals surface area contributed by atoms with Crippen molar-refractivity contribution < 1.29 is 4.79 Å². The number of amides is 1. The monoisotopic (exact) mass is 305 g/mol. The predicted molar refractivity (Wildman–Crippen MR) is 75.5 cm³/mol. The van der Waals surface area contributed by atoms with Gasteiger partial charge in [0.15, 0.2) is 0 Å². The van der Waals surface area contributed by atoms with Crippen molar-refractivity contribution in [1.29, 1.82) is 0 Å². The lowest BCUT2D eigenvalue weighted by Crippen LogP contribution is -2.13. The van der Waals surface area contributed by atoms with Gasteiger partial charge in [-0.3, -0.25) is 4.79 Å². The summed E-state index contributed by atoms with van der Waals surface area (Å²) in [5.41, 5.74) is 8.43. The summed E-state index contributed by atoms with van der Waals surface area (Å²) < 4.78 is 0.832. The summed E-state index contributed by atoms with van der Waals surface area (Å²) in [6, 6.07) is 8.82. The van der Waals surface area contributed by atoms with Gasteiger partial charge in [0.05, 0.1) is 0 Å². The summed E-state index contributed by atoms with van der Waals surface area (Å²) in [4.78, 5) is 15.9. The normalized spacial score (nSPS) is 10.1. The number of nitrogens with one attached hydrogen (secondary N) is 1. The van der Waals surface area contributed by atoms with E-state index in [0.29, 0.717) is 17.1 Å². The van der Waals surface area contributed by atoms with Gasteiger partial charge in [-0.2, -0.15) is 0 Å². The maximum Gasteiger partial charge on any atom is 0.274 e. The van der Waals surface area contributed by atoms with E-state index in [9.17, 15) is 4.79 Å². The lowest BCUT2D eigenvalue weighted by molar-refractivity contribution is 0.102. The second-order valence-electron chi connectivity index (χ2n) is 3.89. The van der Waals surface area contributed by atoms with Crippen LogP contribution in [0.25, 0.3) is 0 Å². The van der Waals surface area contributed by atoms with Crippen LogP contribution in [0.15, 0.2) is 41.0 Å². The Kier molecular flexibility index (Phi) is 3.62. The summed E-state index contributed by atoms with van der Waals surface area (Å²) in [5.74, 6) is -0.259. The molecule has 0 atom stereocenters. The number of carbonyl (C=O) groups excluding carboxylic acids is 1. The van der Waals surface area contributed by atoms with E-state index in [1.807, 2.05) is 19.1 Å². The third kappa shape index (κ3) is 2.87. The summed E-state index contributed by atoms with van der Waals surface area (Å²) in [6.45, 7) is 1.91. The molecule has 0 unspecified atom stereocenters. The quantitative estimate of drug-likeness (QED) is 0.838. The van der Waals surface area contributed by atoms with Crippen molar-refractivity contribution >= 4 is 33.2 Å². The maximum absolute atomic E-state index is 11.9. The van der Waals surface area contributed by atoms with Crippen LogP contribution in [0.4, 0.5) is 11.4 Å². The third-order valence-corrected chi connectivity index (χ3v) is 2.97. The molecular formula is C13H12BrN3O. The van der Waals surface area contributed by atoms with Crippen molar-refractivity contribution in [2.24, 2.45) is 0 Å². The van der Waals surface area contributed by atoms with Gasteiger partial charge in [0.2, 0.25) is 0 Å². The van der Waals surface area contributed by atoms with Crippen LogP contribution in [0.2, 0.25) is 0 Å². The van der Waals surface area contributed by atoms with E-state index in [2.05, 4.69) is 26.2 Å². The van der Waals surface area contributed by atoms with Crippen LogP contribution in [0.3, 0.4) is 0 Å². The van der Waals surface area contributed by atoms with Crippen LogP contribution in [0, 0.1) is 6.92 Å². The Bertz CT molecular complexity index is 581. The molecule has 2 rings (SSSR count). The minimum absolute atomic E-state index is 0.259. The fourth-order valence-electron chi connectivity index (χ4n) is 1.42. The Morgan fingerprint density at radius 1 is 1.33 bits per heavy atom. The first-order valence-corrected chi connectivity index (χ1v) is 6.14. The van der Waals surface area contributed by atoms with E-state index in [0.717, 1.165) is 10.0 Å². The van der Waals surface area contributed by atoms with E-state index >= 15 is 0 Å². The van der Waals surface area contributed by atoms with Gasteiger partial charge in [0.1, 0.15) is 5.69 Å².